The van der Waals surface area contributed by atoms with Crippen molar-refractivity contribution in [1.82, 2.24) is 15.3 Å². The fraction of sp³-hybridized carbons (Fsp3) is 0.545. The molecule has 6 heteroatoms. The number of carboxylic acid groups (broad SMARTS) is 1. The molecule has 0 aromatic carbocycles. The Morgan fingerprint density at radius 2 is 2.06 bits per heavy atom. The molecule has 6 nitrogen and oxygen atoms in total. The number of carbonyl (C=O) groups is 1. The number of carboxylic acids is 1. The molecule has 0 saturated heterocycles. The van der Waals surface area contributed by atoms with Gasteiger partial charge < -0.3 is 10.2 Å². The lowest BCUT2D eigenvalue weighted by atomic mass is 10.2. The molecular formula is C11H17N3O3. The predicted octanol–water partition coefficient (Wildman–Crippen LogP) is -0.0374. The summed E-state index contributed by atoms with van der Waals surface area (Å²) >= 11 is 0. The van der Waals surface area contributed by atoms with E-state index in [0.717, 1.165) is 17.8 Å². The molecule has 2 atom stereocenters. The van der Waals surface area contributed by atoms with Crippen LogP contribution in [0.4, 0.5) is 0 Å². The van der Waals surface area contributed by atoms with Crippen LogP contribution >= 0.6 is 0 Å². The second-order valence-electron chi connectivity index (χ2n) is 3.80. The van der Waals surface area contributed by atoms with Crippen LogP contribution in [0.3, 0.4) is 0 Å². The topological polar surface area (TPSA) is 95.3 Å². The van der Waals surface area contributed by atoms with Crippen molar-refractivity contribution in [1.29, 1.82) is 0 Å². The largest absolute Gasteiger partial charge is 0.480 e. The lowest BCUT2D eigenvalue weighted by Gasteiger charge is -2.16. The smallest absolute Gasteiger partial charge is 0.323 e. The van der Waals surface area contributed by atoms with Crippen LogP contribution in [-0.2, 0) is 17.8 Å². The molecule has 0 aliphatic heterocycles. The average Bonchev–Trinajstić information content (AvgIpc) is 2.29. The molecule has 94 valence electrons. The van der Waals surface area contributed by atoms with Crippen molar-refractivity contribution >= 4 is 5.97 Å². The van der Waals surface area contributed by atoms with Crippen LogP contribution in [0.2, 0.25) is 0 Å². The molecule has 0 spiro atoms. The molecule has 0 bridgehead atoms. The Bertz CT molecular complexity index is 365. The Kier molecular flexibility index (Phi) is 4.99. The van der Waals surface area contributed by atoms with E-state index in [-0.39, 0.29) is 0 Å². The van der Waals surface area contributed by atoms with Gasteiger partial charge in [0.15, 0.2) is 0 Å². The van der Waals surface area contributed by atoms with Crippen molar-refractivity contribution < 1.29 is 15.0 Å². The number of aliphatic hydroxyl groups excluding tert-OH is 1. The first kappa shape index (κ1) is 13.5. The highest BCUT2D eigenvalue weighted by Crippen LogP contribution is 1.99. The van der Waals surface area contributed by atoms with Crippen LogP contribution in [0, 0.1) is 0 Å². The maximum atomic E-state index is 10.8. The molecule has 0 saturated carbocycles. The molecular weight excluding hydrogens is 222 g/mol. The number of nitrogens with zero attached hydrogens (tertiary/aromatic N) is 2. The summed E-state index contributed by atoms with van der Waals surface area (Å²) < 4.78 is 0. The van der Waals surface area contributed by atoms with E-state index in [4.69, 9.17) is 5.11 Å². The van der Waals surface area contributed by atoms with Gasteiger partial charge in [0.1, 0.15) is 11.9 Å². The first-order valence-corrected chi connectivity index (χ1v) is 5.48. The summed E-state index contributed by atoms with van der Waals surface area (Å²) in [7, 11) is 0. The number of rotatable bonds is 6. The second-order valence-corrected chi connectivity index (χ2v) is 3.80. The highest BCUT2D eigenvalue weighted by atomic mass is 16.4. The SMILES string of the molecule is CCc1ncc(CN[C@H](C(=O)O)[C@@H](C)O)cn1. The van der Waals surface area contributed by atoms with Crippen molar-refractivity contribution in [3.05, 3.63) is 23.8 Å². The van der Waals surface area contributed by atoms with Gasteiger partial charge in [-0.15, -0.1) is 0 Å². The molecule has 0 aliphatic carbocycles. The maximum Gasteiger partial charge on any atom is 0.323 e. The first-order valence-electron chi connectivity index (χ1n) is 5.48. The molecule has 0 fully saturated rings. The second kappa shape index (κ2) is 6.27. The van der Waals surface area contributed by atoms with Crippen LogP contribution < -0.4 is 5.32 Å². The predicted molar refractivity (Wildman–Crippen MR) is 61.4 cm³/mol. The maximum absolute atomic E-state index is 10.8. The number of aryl methyl sites for hydroxylation is 1. The van der Waals surface area contributed by atoms with Gasteiger partial charge >= 0.3 is 5.97 Å². The highest BCUT2D eigenvalue weighted by Gasteiger charge is 2.21. The van der Waals surface area contributed by atoms with Crippen LogP contribution in [0.15, 0.2) is 12.4 Å². The lowest BCUT2D eigenvalue weighted by molar-refractivity contribution is -0.142. The van der Waals surface area contributed by atoms with E-state index in [1.54, 1.807) is 12.4 Å². The minimum absolute atomic E-state index is 0.311. The van der Waals surface area contributed by atoms with E-state index in [1.165, 1.54) is 6.92 Å². The van der Waals surface area contributed by atoms with Gasteiger partial charge in [0.05, 0.1) is 6.10 Å². The summed E-state index contributed by atoms with van der Waals surface area (Å²) in [5, 5.41) is 20.9. The Morgan fingerprint density at radius 1 is 1.47 bits per heavy atom. The minimum atomic E-state index is -1.08. The summed E-state index contributed by atoms with van der Waals surface area (Å²) in [6, 6.07) is -0.985. The normalized spacial score (nSPS) is 14.3. The van der Waals surface area contributed by atoms with Crippen molar-refractivity contribution in [2.24, 2.45) is 0 Å². The number of aliphatic hydroxyl groups is 1. The van der Waals surface area contributed by atoms with Gasteiger partial charge in [0.2, 0.25) is 0 Å². The van der Waals surface area contributed by atoms with E-state index in [2.05, 4.69) is 15.3 Å². The zero-order valence-electron chi connectivity index (χ0n) is 9.92. The van der Waals surface area contributed by atoms with Gasteiger partial charge in [-0.25, -0.2) is 9.97 Å². The van der Waals surface area contributed by atoms with Gasteiger partial charge in [-0.05, 0) is 6.92 Å². The molecule has 1 rings (SSSR count). The third-order valence-electron chi connectivity index (χ3n) is 2.35. The Balaban J connectivity index is 2.56. The lowest BCUT2D eigenvalue weighted by Crippen LogP contribution is -2.44. The Hall–Kier alpha value is -1.53. The molecule has 3 N–H and O–H groups in total. The molecule has 1 heterocycles. The molecule has 17 heavy (non-hydrogen) atoms. The van der Waals surface area contributed by atoms with Crippen molar-refractivity contribution in [3.8, 4) is 0 Å². The van der Waals surface area contributed by atoms with Crippen molar-refractivity contribution in [2.45, 2.75) is 39.0 Å². The van der Waals surface area contributed by atoms with Crippen LogP contribution in [0.5, 0.6) is 0 Å². The fourth-order valence-corrected chi connectivity index (χ4v) is 1.35. The van der Waals surface area contributed by atoms with Gasteiger partial charge in [0.25, 0.3) is 0 Å². The van der Waals surface area contributed by atoms with Crippen molar-refractivity contribution in [2.75, 3.05) is 0 Å². The highest BCUT2D eigenvalue weighted by molar-refractivity contribution is 5.74. The van der Waals surface area contributed by atoms with Gasteiger partial charge in [-0.2, -0.15) is 0 Å². The molecule has 0 aliphatic rings. The number of aliphatic carboxylic acids is 1. The van der Waals surface area contributed by atoms with Gasteiger partial charge in [-0.3, -0.25) is 10.1 Å². The first-order chi connectivity index (χ1) is 8.04. The van der Waals surface area contributed by atoms with E-state index >= 15 is 0 Å². The molecule has 0 unspecified atom stereocenters. The van der Waals surface area contributed by atoms with E-state index in [1.807, 2.05) is 6.92 Å². The zero-order chi connectivity index (χ0) is 12.8. The summed E-state index contributed by atoms with van der Waals surface area (Å²) in [4.78, 5) is 19.0. The van der Waals surface area contributed by atoms with Gasteiger partial charge in [0, 0.05) is 30.9 Å². The average molecular weight is 239 g/mol. The van der Waals surface area contributed by atoms with E-state index in [0.29, 0.717) is 6.54 Å². The Morgan fingerprint density at radius 3 is 2.47 bits per heavy atom. The number of nitrogens with one attached hydrogen (secondary N) is 1. The molecule has 1 aromatic rings. The third-order valence-corrected chi connectivity index (χ3v) is 2.35. The quantitative estimate of drug-likeness (QED) is 0.645. The van der Waals surface area contributed by atoms with E-state index < -0.39 is 18.1 Å². The minimum Gasteiger partial charge on any atom is -0.480 e. The molecule has 0 radical (unpaired) electrons. The summed E-state index contributed by atoms with van der Waals surface area (Å²) in [6.07, 6.45) is 3.11. The van der Waals surface area contributed by atoms with Crippen LogP contribution in [0.25, 0.3) is 0 Å². The van der Waals surface area contributed by atoms with Crippen LogP contribution in [0.1, 0.15) is 25.2 Å². The Labute approximate surface area is 99.7 Å². The monoisotopic (exact) mass is 239 g/mol. The van der Waals surface area contributed by atoms with Gasteiger partial charge in [-0.1, -0.05) is 6.92 Å². The molecule has 0 amide bonds. The molecule has 1 aromatic heterocycles. The zero-order valence-corrected chi connectivity index (χ0v) is 9.92. The fourth-order valence-electron chi connectivity index (χ4n) is 1.35. The number of hydrogen-bond acceptors (Lipinski definition) is 5. The standard InChI is InChI=1S/C11H17N3O3/c1-3-9-12-4-8(5-13-9)6-14-10(7(2)15)11(16)17/h4-5,7,10,14-15H,3,6H2,1-2H3,(H,16,17)/t7-,10+/m1/s1. The van der Waals surface area contributed by atoms with Crippen LogP contribution in [-0.4, -0.2) is 38.3 Å². The summed E-state index contributed by atoms with van der Waals surface area (Å²) in [5.74, 6) is -0.329. The number of aromatic nitrogens is 2. The van der Waals surface area contributed by atoms with E-state index in [9.17, 15) is 9.90 Å². The number of hydrogen-bond donors (Lipinski definition) is 3. The summed E-state index contributed by atoms with van der Waals surface area (Å²) in [5.41, 5.74) is 0.786. The van der Waals surface area contributed by atoms with Crippen molar-refractivity contribution in [3.63, 3.8) is 0 Å². The summed E-state index contributed by atoms with van der Waals surface area (Å²) in [6.45, 7) is 3.70. The third kappa shape index (κ3) is 4.08.